The van der Waals surface area contributed by atoms with Crippen molar-refractivity contribution in [1.29, 1.82) is 5.41 Å². The van der Waals surface area contributed by atoms with Gasteiger partial charge in [0.05, 0.1) is 24.6 Å². The van der Waals surface area contributed by atoms with Gasteiger partial charge in [0, 0.05) is 36.4 Å². The van der Waals surface area contributed by atoms with Gasteiger partial charge in [-0.2, -0.15) is 0 Å². The van der Waals surface area contributed by atoms with E-state index in [1.165, 1.54) is 0 Å². The van der Waals surface area contributed by atoms with Crippen LogP contribution in [0.1, 0.15) is 64.3 Å². The molecule has 2 atom stereocenters. The predicted molar refractivity (Wildman–Crippen MR) is 119 cm³/mol. The van der Waals surface area contributed by atoms with Gasteiger partial charge in [0.2, 0.25) is 0 Å². The van der Waals surface area contributed by atoms with Crippen molar-refractivity contribution in [2.24, 2.45) is 0 Å². The molecule has 2 aromatic rings. The minimum atomic E-state index is -0.0749. The summed E-state index contributed by atoms with van der Waals surface area (Å²) in [5.74, 6) is 1.10. The van der Waals surface area contributed by atoms with Gasteiger partial charge in [-0.1, -0.05) is 7.43 Å². The summed E-state index contributed by atoms with van der Waals surface area (Å²) in [5.41, 5.74) is 9.20. The number of nitrogen functional groups attached to an aromatic ring is 1. The van der Waals surface area contributed by atoms with Crippen molar-refractivity contribution in [3.05, 3.63) is 47.5 Å². The van der Waals surface area contributed by atoms with Gasteiger partial charge in [-0.05, 0) is 56.9 Å². The summed E-state index contributed by atoms with van der Waals surface area (Å²) in [6.07, 6.45) is 5.66. The van der Waals surface area contributed by atoms with Crippen LogP contribution < -0.4 is 15.8 Å². The Labute approximate surface area is 179 Å². The van der Waals surface area contributed by atoms with Gasteiger partial charge in [0.25, 0.3) is 0 Å². The Morgan fingerprint density at radius 1 is 1.23 bits per heavy atom. The number of nitrogens with one attached hydrogen (secondary N) is 2. The highest BCUT2D eigenvalue weighted by Crippen LogP contribution is 2.40. The number of ether oxygens (including phenoxy) is 2. The molecule has 162 valence electrons. The van der Waals surface area contributed by atoms with Gasteiger partial charge in [0.15, 0.2) is 0 Å². The fraction of sp³-hybridized carbons (Fsp3) is 0.522. The lowest BCUT2D eigenvalue weighted by atomic mass is 9.84. The molecule has 3 fully saturated rings. The first-order valence-corrected chi connectivity index (χ1v) is 10.3. The fourth-order valence-electron chi connectivity index (χ4n) is 4.33. The lowest BCUT2D eigenvalue weighted by molar-refractivity contribution is 0.0176. The van der Waals surface area contributed by atoms with Crippen molar-refractivity contribution in [2.75, 3.05) is 18.9 Å². The molecule has 5 rings (SSSR count). The van der Waals surface area contributed by atoms with Gasteiger partial charge >= 0.3 is 0 Å². The Hall–Kier alpha value is -2.51. The minimum absolute atomic E-state index is 0. The zero-order chi connectivity index (χ0) is 20.0. The highest BCUT2D eigenvalue weighted by molar-refractivity contribution is 6.12. The van der Waals surface area contributed by atoms with E-state index in [1.54, 1.807) is 12.4 Å². The van der Waals surface area contributed by atoms with E-state index in [4.69, 9.17) is 20.6 Å². The van der Waals surface area contributed by atoms with Crippen molar-refractivity contribution in [1.82, 2.24) is 15.3 Å². The van der Waals surface area contributed by atoms with E-state index >= 15 is 0 Å². The Kier molecular flexibility index (Phi) is 5.51. The first kappa shape index (κ1) is 20.8. The molecular weight excluding hydrogens is 378 g/mol. The molecule has 2 aliphatic heterocycles. The van der Waals surface area contributed by atoms with Crippen LogP contribution >= 0.6 is 0 Å². The number of hydrogen-bond acceptors (Lipinski definition) is 7. The third kappa shape index (κ3) is 4.18. The molecule has 1 aliphatic carbocycles. The highest BCUT2D eigenvalue weighted by Gasteiger charge is 2.40. The number of morpholine rings is 1. The van der Waals surface area contributed by atoms with Crippen LogP contribution in [0.4, 0.5) is 5.69 Å². The molecule has 0 radical (unpaired) electrons. The highest BCUT2D eigenvalue weighted by atomic mass is 16.5. The average molecular weight is 412 g/mol. The first-order valence-electron chi connectivity index (χ1n) is 10.3. The van der Waals surface area contributed by atoms with Crippen LogP contribution in [0.3, 0.4) is 0 Å². The standard InChI is InChI=1S/C22H27N5O2.CH4.H2/c1-22(4-5-22)29-16-2-3-18(23)17(8-16)21(24)20-9-19(25-12-26-20)13-6-14-10-28-11-15(7-13)27-14;;/h2-3,8-9,12-15,24,27H,4-7,10-11,23H2,1H3;1H4;1H. The van der Waals surface area contributed by atoms with E-state index in [-0.39, 0.29) is 14.5 Å². The smallest absolute Gasteiger partial charge is 0.120 e. The number of aromatic nitrogens is 2. The maximum Gasteiger partial charge on any atom is 0.120 e. The normalized spacial score (nSPS) is 26.4. The number of rotatable bonds is 5. The summed E-state index contributed by atoms with van der Waals surface area (Å²) in [5, 5.41) is 12.3. The fourth-order valence-corrected chi connectivity index (χ4v) is 4.33. The molecule has 2 bridgehead atoms. The molecular formula is C23H33N5O2. The molecule has 2 saturated heterocycles. The second-order valence-corrected chi connectivity index (χ2v) is 8.77. The number of nitrogens with two attached hydrogens (primary N) is 1. The summed E-state index contributed by atoms with van der Waals surface area (Å²) in [6.45, 7) is 3.61. The molecule has 2 unspecified atom stereocenters. The van der Waals surface area contributed by atoms with E-state index in [0.29, 0.717) is 40.7 Å². The SMILES string of the molecule is C.CC1(Oc2ccc(N)c(C(=N)c3cc(C4CC5COCC(C4)N5)ncn3)c2)CC1.[HH]. The monoisotopic (exact) mass is 411 g/mol. The number of fused-ring (bicyclic) bond motifs is 2. The molecule has 30 heavy (non-hydrogen) atoms. The zero-order valence-corrected chi connectivity index (χ0v) is 16.6. The van der Waals surface area contributed by atoms with Crippen molar-refractivity contribution >= 4 is 11.4 Å². The second-order valence-electron chi connectivity index (χ2n) is 8.77. The number of anilines is 1. The predicted octanol–water partition coefficient (Wildman–Crippen LogP) is 3.52. The minimum Gasteiger partial charge on any atom is -0.488 e. The molecule has 7 nitrogen and oxygen atoms in total. The molecule has 3 heterocycles. The molecule has 7 heteroatoms. The number of piperidine rings is 1. The molecule has 1 aromatic carbocycles. The van der Waals surface area contributed by atoms with Crippen LogP contribution in [0.15, 0.2) is 30.6 Å². The molecule has 3 aliphatic rings. The van der Waals surface area contributed by atoms with Gasteiger partial charge < -0.3 is 20.5 Å². The van der Waals surface area contributed by atoms with Crippen molar-refractivity contribution in [3.63, 3.8) is 0 Å². The van der Waals surface area contributed by atoms with E-state index in [1.807, 2.05) is 18.2 Å². The quantitative estimate of drug-likeness (QED) is 0.513. The molecule has 1 aromatic heterocycles. The van der Waals surface area contributed by atoms with Gasteiger partial charge in [-0.3, -0.25) is 5.41 Å². The molecule has 4 N–H and O–H groups in total. The third-order valence-electron chi connectivity index (χ3n) is 6.22. The van der Waals surface area contributed by atoms with Crippen LogP contribution in [0.5, 0.6) is 5.75 Å². The lowest BCUT2D eigenvalue weighted by Crippen LogP contribution is -2.53. The van der Waals surface area contributed by atoms with E-state index in [9.17, 15) is 0 Å². The first-order chi connectivity index (χ1) is 14.0. The summed E-state index contributed by atoms with van der Waals surface area (Å²) < 4.78 is 11.7. The summed E-state index contributed by atoms with van der Waals surface area (Å²) in [4.78, 5) is 8.90. The van der Waals surface area contributed by atoms with Crippen molar-refractivity contribution in [3.8, 4) is 5.75 Å². The van der Waals surface area contributed by atoms with Gasteiger partial charge in [0.1, 0.15) is 17.7 Å². The molecule has 1 saturated carbocycles. The van der Waals surface area contributed by atoms with Crippen LogP contribution in [0, 0.1) is 5.41 Å². The number of hydrogen-bond donors (Lipinski definition) is 3. The Bertz CT molecular complexity index is 937. The van der Waals surface area contributed by atoms with Crippen molar-refractivity contribution in [2.45, 2.75) is 63.6 Å². The number of nitrogens with zero attached hydrogens (tertiary/aromatic N) is 2. The Morgan fingerprint density at radius 3 is 2.67 bits per heavy atom. The summed E-state index contributed by atoms with van der Waals surface area (Å²) in [7, 11) is 0. The lowest BCUT2D eigenvalue weighted by Gasteiger charge is -2.39. The second kappa shape index (κ2) is 7.96. The van der Waals surface area contributed by atoms with Crippen molar-refractivity contribution < 1.29 is 10.9 Å². The van der Waals surface area contributed by atoms with E-state index in [0.717, 1.165) is 50.3 Å². The molecule has 0 amide bonds. The topological polar surface area (TPSA) is 106 Å². The van der Waals surface area contributed by atoms with Crippen LogP contribution in [0.25, 0.3) is 0 Å². The summed E-state index contributed by atoms with van der Waals surface area (Å²) in [6, 6.07) is 8.23. The van der Waals surface area contributed by atoms with Crippen LogP contribution in [0.2, 0.25) is 0 Å². The Morgan fingerprint density at radius 2 is 1.97 bits per heavy atom. The number of benzene rings is 1. The summed E-state index contributed by atoms with van der Waals surface area (Å²) >= 11 is 0. The zero-order valence-electron chi connectivity index (χ0n) is 16.6. The Balaban J connectivity index is 0.00000136. The molecule has 0 spiro atoms. The third-order valence-corrected chi connectivity index (χ3v) is 6.22. The van der Waals surface area contributed by atoms with Gasteiger partial charge in [-0.15, -0.1) is 0 Å². The van der Waals surface area contributed by atoms with Gasteiger partial charge in [-0.25, -0.2) is 9.97 Å². The van der Waals surface area contributed by atoms with E-state index < -0.39 is 0 Å². The van der Waals surface area contributed by atoms with Crippen LogP contribution in [-0.4, -0.2) is 46.6 Å². The van der Waals surface area contributed by atoms with Crippen LogP contribution in [-0.2, 0) is 4.74 Å². The van der Waals surface area contributed by atoms with E-state index in [2.05, 4.69) is 22.2 Å². The largest absolute Gasteiger partial charge is 0.488 e. The average Bonchev–Trinajstić information content (AvgIpc) is 3.45. The maximum absolute atomic E-state index is 8.73. The maximum atomic E-state index is 8.73.